The van der Waals surface area contributed by atoms with E-state index < -0.39 is 10.0 Å². The minimum atomic E-state index is -3.59. The highest BCUT2D eigenvalue weighted by Gasteiger charge is 2.15. The number of hydrogen-bond acceptors (Lipinski definition) is 3. The van der Waals surface area contributed by atoms with Crippen LogP contribution in [0.15, 0.2) is 75.4 Å². The Morgan fingerprint density at radius 3 is 2.48 bits per heavy atom. The standard InChI is InChI=1S/C15H14BrNO2S2/c1-2-11-20-15-6-4-3-5-14(15)17-21(18,19)13-9-7-12(16)8-10-13/h2-10,17H,1,11H2. The van der Waals surface area contributed by atoms with Crippen molar-refractivity contribution in [1.82, 2.24) is 0 Å². The maximum Gasteiger partial charge on any atom is 0.261 e. The van der Waals surface area contributed by atoms with Crippen molar-refractivity contribution in [1.29, 1.82) is 0 Å². The summed E-state index contributed by atoms with van der Waals surface area (Å²) in [4.78, 5) is 1.10. The molecule has 0 aliphatic heterocycles. The highest BCUT2D eigenvalue weighted by Crippen LogP contribution is 2.29. The normalized spacial score (nSPS) is 11.1. The lowest BCUT2D eigenvalue weighted by Gasteiger charge is -2.12. The largest absolute Gasteiger partial charge is 0.278 e. The molecule has 21 heavy (non-hydrogen) atoms. The number of hydrogen-bond donors (Lipinski definition) is 1. The zero-order valence-electron chi connectivity index (χ0n) is 11.1. The van der Waals surface area contributed by atoms with Crippen LogP contribution in [0.2, 0.25) is 0 Å². The summed E-state index contributed by atoms with van der Waals surface area (Å²) in [5.41, 5.74) is 0.576. The number of anilines is 1. The van der Waals surface area contributed by atoms with Crippen molar-refractivity contribution >= 4 is 43.4 Å². The number of rotatable bonds is 6. The summed E-state index contributed by atoms with van der Waals surface area (Å²) < 4.78 is 28.2. The lowest BCUT2D eigenvalue weighted by atomic mass is 10.3. The molecular formula is C15H14BrNO2S2. The molecule has 0 atom stereocenters. The molecule has 0 saturated heterocycles. The van der Waals surface area contributed by atoms with Gasteiger partial charge in [-0.1, -0.05) is 34.1 Å². The Bertz CT molecular complexity index is 728. The molecule has 0 aliphatic rings. The van der Waals surface area contributed by atoms with E-state index in [9.17, 15) is 8.42 Å². The van der Waals surface area contributed by atoms with E-state index in [1.165, 1.54) is 11.8 Å². The number of sulfonamides is 1. The predicted molar refractivity (Wildman–Crippen MR) is 92.3 cm³/mol. The van der Waals surface area contributed by atoms with Crippen LogP contribution in [-0.4, -0.2) is 14.2 Å². The van der Waals surface area contributed by atoms with Gasteiger partial charge in [-0.15, -0.1) is 18.3 Å². The topological polar surface area (TPSA) is 46.2 Å². The smallest absolute Gasteiger partial charge is 0.261 e. The van der Waals surface area contributed by atoms with Gasteiger partial charge in [0.05, 0.1) is 10.6 Å². The second-order valence-electron chi connectivity index (χ2n) is 4.16. The van der Waals surface area contributed by atoms with E-state index in [0.717, 1.165) is 15.1 Å². The fourth-order valence-electron chi connectivity index (χ4n) is 1.64. The molecule has 0 unspecified atom stereocenters. The highest BCUT2D eigenvalue weighted by molar-refractivity contribution is 9.10. The van der Waals surface area contributed by atoms with Gasteiger partial charge in [0.15, 0.2) is 0 Å². The lowest BCUT2D eigenvalue weighted by molar-refractivity contribution is 0.601. The van der Waals surface area contributed by atoms with Gasteiger partial charge >= 0.3 is 0 Å². The van der Waals surface area contributed by atoms with Gasteiger partial charge in [-0.05, 0) is 36.4 Å². The second-order valence-corrected chi connectivity index (χ2v) is 7.82. The molecule has 0 saturated carbocycles. The van der Waals surface area contributed by atoms with Crippen LogP contribution in [0.3, 0.4) is 0 Å². The van der Waals surface area contributed by atoms with E-state index in [2.05, 4.69) is 27.2 Å². The first-order chi connectivity index (χ1) is 10.0. The van der Waals surface area contributed by atoms with Gasteiger partial charge in [-0.25, -0.2) is 8.42 Å². The van der Waals surface area contributed by atoms with Crippen LogP contribution in [0.25, 0.3) is 0 Å². The minimum Gasteiger partial charge on any atom is -0.278 e. The second kappa shape index (κ2) is 7.15. The Morgan fingerprint density at radius 1 is 1.14 bits per heavy atom. The summed E-state index contributed by atoms with van der Waals surface area (Å²) in [6, 6.07) is 13.8. The van der Waals surface area contributed by atoms with Crippen LogP contribution in [0.5, 0.6) is 0 Å². The molecule has 2 aromatic carbocycles. The SMILES string of the molecule is C=CCSc1ccccc1NS(=O)(=O)c1ccc(Br)cc1. The summed E-state index contributed by atoms with van der Waals surface area (Å²) in [6.07, 6.45) is 1.78. The highest BCUT2D eigenvalue weighted by atomic mass is 79.9. The molecule has 2 rings (SSSR count). The van der Waals surface area contributed by atoms with E-state index in [1.54, 1.807) is 42.5 Å². The van der Waals surface area contributed by atoms with E-state index in [4.69, 9.17) is 0 Å². The van der Waals surface area contributed by atoms with Crippen LogP contribution < -0.4 is 4.72 Å². The van der Waals surface area contributed by atoms with Crippen LogP contribution >= 0.6 is 27.7 Å². The van der Waals surface area contributed by atoms with Crippen LogP contribution in [-0.2, 0) is 10.0 Å². The van der Waals surface area contributed by atoms with Gasteiger partial charge in [0, 0.05) is 15.1 Å². The molecule has 0 fully saturated rings. The Balaban J connectivity index is 2.28. The minimum absolute atomic E-state index is 0.231. The molecule has 0 amide bonds. The first-order valence-corrected chi connectivity index (χ1v) is 9.40. The first-order valence-electron chi connectivity index (χ1n) is 6.14. The molecular weight excluding hydrogens is 370 g/mol. The zero-order chi connectivity index (χ0) is 15.3. The molecule has 3 nitrogen and oxygen atoms in total. The maximum atomic E-state index is 12.4. The van der Waals surface area contributed by atoms with Gasteiger partial charge in [-0.2, -0.15) is 0 Å². The fourth-order valence-corrected chi connectivity index (χ4v) is 3.80. The average Bonchev–Trinajstić information content (AvgIpc) is 2.46. The molecule has 110 valence electrons. The zero-order valence-corrected chi connectivity index (χ0v) is 14.3. The van der Waals surface area contributed by atoms with E-state index in [0.29, 0.717) is 5.69 Å². The molecule has 0 bridgehead atoms. The van der Waals surface area contributed by atoms with Crippen molar-refractivity contribution in [2.75, 3.05) is 10.5 Å². The van der Waals surface area contributed by atoms with Crippen molar-refractivity contribution in [2.45, 2.75) is 9.79 Å². The van der Waals surface area contributed by atoms with Gasteiger partial charge in [-0.3, -0.25) is 4.72 Å². The Kier molecular flexibility index (Phi) is 5.50. The number of thioether (sulfide) groups is 1. The number of benzene rings is 2. The molecule has 0 spiro atoms. The first kappa shape index (κ1) is 16.1. The maximum absolute atomic E-state index is 12.4. The van der Waals surface area contributed by atoms with Crippen molar-refractivity contribution in [3.05, 3.63) is 65.7 Å². The van der Waals surface area contributed by atoms with Crippen LogP contribution in [0.4, 0.5) is 5.69 Å². The van der Waals surface area contributed by atoms with Gasteiger partial charge in [0.25, 0.3) is 10.0 Å². The van der Waals surface area contributed by atoms with Crippen molar-refractivity contribution in [2.24, 2.45) is 0 Å². The third-order valence-electron chi connectivity index (χ3n) is 2.61. The van der Waals surface area contributed by atoms with E-state index >= 15 is 0 Å². The van der Waals surface area contributed by atoms with Gasteiger partial charge < -0.3 is 0 Å². The number of para-hydroxylation sites is 1. The average molecular weight is 384 g/mol. The summed E-state index contributed by atoms with van der Waals surface area (Å²) in [5.74, 6) is 0.719. The summed E-state index contributed by atoms with van der Waals surface area (Å²) in [6.45, 7) is 3.67. The van der Waals surface area contributed by atoms with Crippen molar-refractivity contribution < 1.29 is 8.42 Å². The quantitative estimate of drug-likeness (QED) is 0.588. The third kappa shape index (κ3) is 4.36. The van der Waals surface area contributed by atoms with Crippen LogP contribution in [0, 0.1) is 0 Å². The summed E-state index contributed by atoms with van der Waals surface area (Å²) in [5, 5.41) is 0. The molecule has 6 heteroatoms. The Labute approximate surface area is 137 Å². The molecule has 0 aliphatic carbocycles. The Morgan fingerprint density at radius 2 is 1.81 bits per heavy atom. The molecule has 0 heterocycles. The summed E-state index contributed by atoms with van der Waals surface area (Å²) in [7, 11) is -3.59. The number of halogens is 1. The van der Waals surface area contributed by atoms with Gasteiger partial charge in [0.2, 0.25) is 0 Å². The molecule has 1 N–H and O–H groups in total. The summed E-state index contributed by atoms with van der Waals surface area (Å²) >= 11 is 4.82. The Hall–Kier alpha value is -1.24. The molecule has 2 aromatic rings. The third-order valence-corrected chi connectivity index (χ3v) is 5.59. The monoisotopic (exact) mass is 383 g/mol. The molecule has 0 radical (unpaired) electrons. The number of nitrogens with one attached hydrogen (secondary N) is 1. The van der Waals surface area contributed by atoms with Gasteiger partial charge in [0.1, 0.15) is 0 Å². The van der Waals surface area contributed by atoms with E-state index in [1.807, 2.05) is 12.1 Å². The predicted octanol–water partition coefficient (Wildman–Crippen LogP) is 4.53. The molecule has 0 aromatic heterocycles. The lowest BCUT2D eigenvalue weighted by Crippen LogP contribution is -2.13. The van der Waals surface area contributed by atoms with E-state index in [-0.39, 0.29) is 4.90 Å². The fraction of sp³-hybridized carbons (Fsp3) is 0.0667. The van der Waals surface area contributed by atoms with Crippen molar-refractivity contribution in [3.8, 4) is 0 Å². The van der Waals surface area contributed by atoms with Crippen LogP contribution in [0.1, 0.15) is 0 Å². The van der Waals surface area contributed by atoms with Crippen molar-refractivity contribution in [3.63, 3.8) is 0 Å².